The van der Waals surface area contributed by atoms with E-state index in [-0.39, 0.29) is 0 Å². The Morgan fingerprint density at radius 2 is 2.25 bits per heavy atom. The number of nitrogens with one attached hydrogen (secondary N) is 1. The van der Waals surface area contributed by atoms with Crippen LogP contribution in [0.15, 0.2) is 35.1 Å². The maximum Gasteiger partial charge on any atom is 0.140 e. The molecule has 0 fully saturated rings. The van der Waals surface area contributed by atoms with E-state index in [1.165, 1.54) is 5.69 Å². The number of nitrogens with zero attached hydrogens (tertiary/aromatic N) is 3. The van der Waals surface area contributed by atoms with Crippen LogP contribution in [-0.4, -0.2) is 21.3 Å². The van der Waals surface area contributed by atoms with E-state index in [4.69, 9.17) is 0 Å². The average Bonchev–Trinajstić information content (AvgIpc) is 2.67. The number of rotatable bonds is 4. The molecule has 1 N–H and O–H groups in total. The van der Waals surface area contributed by atoms with E-state index in [2.05, 4.69) is 31.3 Å². The summed E-state index contributed by atoms with van der Waals surface area (Å²) in [4.78, 5) is 4.24. The smallest absolute Gasteiger partial charge is 0.140 e. The highest BCUT2D eigenvalue weighted by molar-refractivity contribution is 9.10. The summed E-state index contributed by atoms with van der Waals surface area (Å²) in [6, 6.07) is 5.89. The van der Waals surface area contributed by atoms with E-state index in [1.54, 1.807) is 6.20 Å². The molecule has 16 heavy (non-hydrogen) atoms. The zero-order chi connectivity index (χ0) is 11.4. The lowest BCUT2D eigenvalue weighted by Gasteiger charge is -2.07. The van der Waals surface area contributed by atoms with Crippen LogP contribution in [0.1, 0.15) is 5.69 Å². The Morgan fingerprint density at radius 3 is 2.94 bits per heavy atom. The molecule has 0 aliphatic rings. The first-order valence-corrected chi connectivity index (χ1v) is 5.88. The molecule has 0 aliphatic carbocycles. The number of hydrogen-bond donors (Lipinski definition) is 1. The van der Waals surface area contributed by atoms with E-state index in [9.17, 15) is 0 Å². The molecular formula is C11H13BrN4. The molecule has 0 amide bonds. The van der Waals surface area contributed by atoms with Gasteiger partial charge in [0.1, 0.15) is 5.82 Å². The number of aromatic nitrogens is 3. The molecule has 0 aliphatic heterocycles. The van der Waals surface area contributed by atoms with E-state index in [1.807, 2.05) is 36.1 Å². The highest BCUT2D eigenvalue weighted by Crippen LogP contribution is 2.17. The Labute approximate surface area is 103 Å². The summed E-state index contributed by atoms with van der Waals surface area (Å²) < 4.78 is 2.87. The fraction of sp³-hybridized carbons (Fsp3) is 0.273. The molecule has 84 valence electrons. The number of anilines is 1. The van der Waals surface area contributed by atoms with Crippen molar-refractivity contribution in [2.24, 2.45) is 7.05 Å². The molecule has 0 bridgehead atoms. The zero-order valence-corrected chi connectivity index (χ0v) is 10.6. The Bertz CT molecular complexity index is 467. The van der Waals surface area contributed by atoms with Crippen LogP contribution in [0.4, 0.5) is 5.82 Å². The molecule has 0 atom stereocenters. The molecule has 2 heterocycles. The van der Waals surface area contributed by atoms with E-state index >= 15 is 0 Å². The summed E-state index contributed by atoms with van der Waals surface area (Å²) in [5.74, 6) is 0.879. The van der Waals surface area contributed by atoms with Crippen molar-refractivity contribution in [1.29, 1.82) is 0 Å². The maximum absolute atomic E-state index is 4.24. The quantitative estimate of drug-likeness (QED) is 0.934. The Hall–Kier alpha value is -1.36. The monoisotopic (exact) mass is 280 g/mol. The first kappa shape index (κ1) is 11.1. The van der Waals surface area contributed by atoms with Gasteiger partial charge in [-0.05, 0) is 34.1 Å². The highest BCUT2D eigenvalue weighted by atomic mass is 79.9. The lowest BCUT2D eigenvalue weighted by Crippen LogP contribution is -2.09. The topological polar surface area (TPSA) is 42.7 Å². The van der Waals surface area contributed by atoms with Gasteiger partial charge in [-0.3, -0.25) is 4.68 Å². The molecule has 2 rings (SSSR count). The molecule has 0 aromatic carbocycles. The van der Waals surface area contributed by atoms with E-state index in [0.717, 1.165) is 23.3 Å². The number of aryl methyl sites for hydroxylation is 1. The van der Waals surface area contributed by atoms with Crippen LogP contribution in [0.3, 0.4) is 0 Å². The van der Waals surface area contributed by atoms with Crippen molar-refractivity contribution in [1.82, 2.24) is 14.8 Å². The second kappa shape index (κ2) is 5.12. The Balaban J connectivity index is 1.89. The van der Waals surface area contributed by atoms with E-state index in [0.29, 0.717) is 0 Å². The van der Waals surface area contributed by atoms with Gasteiger partial charge < -0.3 is 5.32 Å². The molecular weight excluding hydrogens is 268 g/mol. The minimum absolute atomic E-state index is 0.842. The van der Waals surface area contributed by atoms with Gasteiger partial charge >= 0.3 is 0 Å². The van der Waals surface area contributed by atoms with E-state index < -0.39 is 0 Å². The molecule has 0 saturated carbocycles. The van der Waals surface area contributed by atoms with Gasteiger partial charge in [0.05, 0.1) is 4.47 Å². The van der Waals surface area contributed by atoms with Gasteiger partial charge in [-0.25, -0.2) is 4.98 Å². The lowest BCUT2D eigenvalue weighted by molar-refractivity contribution is 0.711. The van der Waals surface area contributed by atoms with Crippen LogP contribution in [0, 0.1) is 0 Å². The van der Waals surface area contributed by atoms with Crippen LogP contribution < -0.4 is 5.32 Å². The molecule has 0 radical (unpaired) electrons. The molecule has 0 saturated heterocycles. The van der Waals surface area contributed by atoms with Gasteiger partial charge in [-0.1, -0.05) is 0 Å². The molecule has 2 aromatic rings. The van der Waals surface area contributed by atoms with Gasteiger partial charge in [0.2, 0.25) is 0 Å². The summed E-state index contributed by atoms with van der Waals surface area (Å²) in [5.41, 5.74) is 1.21. The van der Waals surface area contributed by atoms with Gasteiger partial charge in [-0.2, -0.15) is 5.10 Å². The molecule has 2 aromatic heterocycles. The summed E-state index contributed by atoms with van der Waals surface area (Å²) >= 11 is 3.45. The first-order valence-electron chi connectivity index (χ1n) is 5.08. The third-order valence-corrected chi connectivity index (χ3v) is 2.99. The molecule has 0 unspecified atom stereocenters. The third kappa shape index (κ3) is 2.61. The summed E-state index contributed by atoms with van der Waals surface area (Å²) in [6.45, 7) is 0.842. The van der Waals surface area contributed by atoms with Gasteiger partial charge in [0.25, 0.3) is 0 Å². The standard InChI is InChI=1S/C11H13BrN4/c1-16-9(5-8-15-16)4-7-14-11-10(12)3-2-6-13-11/h2-3,5-6,8H,4,7H2,1H3,(H,13,14). The van der Waals surface area contributed by atoms with Gasteiger partial charge in [0.15, 0.2) is 0 Å². The summed E-state index contributed by atoms with van der Waals surface area (Å²) in [5, 5.41) is 7.40. The lowest BCUT2D eigenvalue weighted by atomic mass is 10.3. The third-order valence-electron chi connectivity index (χ3n) is 2.35. The van der Waals surface area contributed by atoms with Crippen molar-refractivity contribution >= 4 is 21.7 Å². The normalized spacial score (nSPS) is 10.4. The van der Waals surface area contributed by atoms with Crippen molar-refractivity contribution in [3.63, 3.8) is 0 Å². The van der Waals surface area contributed by atoms with Crippen molar-refractivity contribution in [3.8, 4) is 0 Å². The average molecular weight is 281 g/mol. The zero-order valence-electron chi connectivity index (χ0n) is 9.02. The fourth-order valence-electron chi connectivity index (χ4n) is 1.47. The second-order valence-electron chi connectivity index (χ2n) is 3.46. The maximum atomic E-state index is 4.24. The SMILES string of the molecule is Cn1nccc1CCNc1ncccc1Br. The van der Waals surface area contributed by atoms with Crippen LogP contribution in [0.2, 0.25) is 0 Å². The highest BCUT2D eigenvalue weighted by Gasteiger charge is 2.01. The number of hydrogen-bond acceptors (Lipinski definition) is 3. The van der Waals surface area contributed by atoms with Gasteiger partial charge in [-0.15, -0.1) is 0 Å². The molecule has 0 spiro atoms. The predicted molar refractivity (Wildman–Crippen MR) is 67.3 cm³/mol. The number of pyridine rings is 1. The molecule has 4 nitrogen and oxygen atoms in total. The fourth-order valence-corrected chi connectivity index (χ4v) is 1.87. The Kier molecular flexibility index (Phi) is 3.56. The van der Waals surface area contributed by atoms with Crippen LogP contribution in [0.25, 0.3) is 0 Å². The summed E-state index contributed by atoms with van der Waals surface area (Å²) in [7, 11) is 1.95. The molecule has 5 heteroatoms. The van der Waals surface area contributed by atoms with Crippen LogP contribution in [0.5, 0.6) is 0 Å². The van der Waals surface area contributed by atoms with Crippen LogP contribution in [-0.2, 0) is 13.5 Å². The minimum Gasteiger partial charge on any atom is -0.369 e. The largest absolute Gasteiger partial charge is 0.369 e. The van der Waals surface area contributed by atoms with Crippen LogP contribution >= 0.6 is 15.9 Å². The first-order chi connectivity index (χ1) is 7.77. The Morgan fingerprint density at radius 1 is 1.38 bits per heavy atom. The van der Waals surface area contributed by atoms with Crippen molar-refractivity contribution < 1.29 is 0 Å². The number of halogens is 1. The van der Waals surface area contributed by atoms with Crippen molar-refractivity contribution in [2.45, 2.75) is 6.42 Å². The van der Waals surface area contributed by atoms with Crippen molar-refractivity contribution in [2.75, 3.05) is 11.9 Å². The van der Waals surface area contributed by atoms with Crippen molar-refractivity contribution in [3.05, 3.63) is 40.8 Å². The minimum atomic E-state index is 0.842. The second-order valence-corrected chi connectivity index (χ2v) is 4.31. The van der Waals surface area contributed by atoms with Gasteiger partial charge in [0, 0.05) is 38.1 Å². The predicted octanol–water partition coefficient (Wildman–Crippen LogP) is 2.23. The summed E-state index contributed by atoms with van der Waals surface area (Å²) in [6.07, 6.45) is 4.52.